The van der Waals surface area contributed by atoms with Crippen LogP contribution in [0.1, 0.15) is 33.1 Å². The van der Waals surface area contributed by atoms with Gasteiger partial charge in [-0.1, -0.05) is 66.2 Å². The summed E-state index contributed by atoms with van der Waals surface area (Å²) in [5.41, 5.74) is 3.55. The van der Waals surface area contributed by atoms with E-state index in [1.807, 2.05) is 61.5 Å². The van der Waals surface area contributed by atoms with Crippen LogP contribution in [0.5, 0.6) is 0 Å². The number of hydrogen-bond donors (Lipinski definition) is 2. The first-order valence-corrected chi connectivity index (χ1v) is 11.2. The molecule has 7 heteroatoms. The maximum atomic E-state index is 13.0. The van der Waals surface area contributed by atoms with Gasteiger partial charge in [-0.05, 0) is 41.8 Å². The van der Waals surface area contributed by atoms with Gasteiger partial charge in [0.1, 0.15) is 0 Å². The Kier molecular flexibility index (Phi) is 6.25. The predicted octanol–water partition coefficient (Wildman–Crippen LogP) is 4.54. The van der Waals surface area contributed by atoms with E-state index in [1.165, 1.54) is 18.2 Å². The highest BCUT2D eigenvalue weighted by molar-refractivity contribution is 7.92. The molecule has 0 radical (unpaired) electrons. The summed E-state index contributed by atoms with van der Waals surface area (Å²) in [6.07, 6.45) is 1.05. The number of sulfonamides is 1. The molecule has 0 saturated carbocycles. The second kappa shape index (κ2) is 8.68. The highest BCUT2D eigenvalue weighted by Gasteiger charge is 2.21. The van der Waals surface area contributed by atoms with Crippen molar-refractivity contribution in [2.24, 2.45) is 0 Å². The van der Waals surface area contributed by atoms with Gasteiger partial charge in [0.05, 0.1) is 22.9 Å². The second-order valence-electron chi connectivity index (χ2n) is 6.74. The van der Waals surface area contributed by atoms with Crippen LogP contribution in [0.4, 0.5) is 5.69 Å². The molecule has 2 N–H and O–H groups in total. The van der Waals surface area contributed by atoms with Crippen LogP contribution in [-0.4, -0.2) is 20.6 Å². The van der Waals surface area contributed by atoms with Crippen LogP contribution in [0.2, 0.25) is 5.02 Å². The molecule has 1 amide bonds. The standard InChI is InChI=1S/C22H21ClN2O3S/c1-15-8-6-7-11-18(15)21(16-9-4-3-5-10-16)24-22(26)19-13-12-17(14-20(19)23)25-29(2,27)28/h3-14,21,25H,1-2H3,(H,24,26)/t21-/m0/s1. The SMILES string of the molecule is Cc1ccccc1[C@@H](NC(=O)c1ccc(NS(C)(=O)=O)cc1Cl)c1ccccc1. The quantitative estimate of drug-likeness (QED) is 0.605. The average molecular weight is 429 g/mol. The topological polar surface area (TPSA) is 75.3 Å². The lowest BCUT2D eigenvalue weighted by Gasteiger charge is -2.22. The molecule has 3 aromatic rings. The molecule has 150 valence electrons. The Morgan fingerprint density at radius 2 is 1.62 bits per heavy atom. The number of carbonyl (C=O) groups is 1. The molecule has 5 nitrogen and oxygen atoms in total. The fourth-order valence-electron chi connectivity index (χ4n) is 3.08. The first kappa shape index (κ1) is 20.9. The van der Waals surface area contributed by atoms with E-state index >= 15 is 0 Å². The molecule has 3 aromatic carbocycles. The zero-order chi connectivity index (χ0) is 21.0. The van der Waals surface area contributed by atoms with Crippen LogP contribution in [0, 0.1) is 6.92 Å². The molecule has 0 unspecified atom stereocenters. The van der Waals surface area contributed by atoms with Crippen LogP contribution < -0.4 is 10.0 Å². The van der Waals surface area contributed by atoms with E-state index in [4.69, 9.17) is 11.6 Å². The van der Waals surface area contributed by atoms with Crippen molar-refractivity contribution in [1.82, 2.24) is 5.32 Å². The Bertz CT molecular complexity index is 1130. The maximum Gasteiger partial charge on any atom is 0.253 e. The van der Waals surface area contributed by atoms with Gasteiger partial charge in [-0.3, -0.25) is 9.52 Å². The number of benzene rings is 3. The Balaban J connectivity index is 1.92. The monoisotopic (exact) mass is 428 g/mol. The molecule has 3 rings (SSSR count). The minimum atomic E-state index is -3.43. The third-order valence-electron chi connectivity index (χ3n) is 4.42. The van der Waals surface area contributed by atoms with E-state index in [-0.39, 0.29) is 22.5 Å². The minimum Gasteiger partial charge on any atom is -0.341 e. The summed E-state index contributed by atoms with van der Waals surface area (Å²) < 4.78 is 25.1. The van der Waals surface area contributed by atoms with E-state index in [9.17, 15) is 13.2 Å². The molecule has 0 aliphatic carbocycles. The number of halogens is 1. The van der Waals surface area contributed by atoms with Crippen molar-refractivity contribution < 1.29 is 13.2 Å². The molecule has 0 aliphatic rings. The molecule has 1 atom stereocenters. The van der Waals surface area contributed by atoms with Gasteiger partial charge in [0.15, 0.2) is 0 Å². The predicted molar refractivity (Wildman–Crippen MR) is 117 cm³/mol. The molecule has 0 fully saturated rings. The van der Waals surface area contributed by atoms with Gasteiger partial charge in [0, 0.05) is 5.69 Å². The van der Waals surface area contributed by atoms with Crippen molar-refractivity contribution in [2.45, 2.75) is 13.0 Å². The lowest BCUT2D eigenvalue weighted by atomic mass is 9.94. The average Bonchev–Trinajstić information content (AvgIpc) is 2.66. The van der Waals surface area contributed by atoms with Gasteiger partial charge in [-0.25, -0.2) is 8.42 Å². The Labute approximate surface area is 175 Å². The Morgan fingerprint density at radius 3 is 2.24 bits per heavy atom. The van der Waals surface area contributed by atoms with Crippen LogP contribution in [0.15, 0.2) is 72.8 Å². The van der Waals surface area contributed by atoms with Gasteiger partial charge in [-0.15, -0.1) is 0 Å². The summed E-state index contributed by atoms with van der Waals surface area (Å²) in [5, 5.41) is 3.21. The van der Waals surface area contributed by atoms with Crippen molar-refractivity contribution in [1.29, 1.82) is 0 Å². The zero-order valence-corrected chi connectivity index (χ0v) is 17.6. The summed E-state index contributed by atoms with van der Waals surface area (Å²) in [6.45, 7) is 2.00. The molecule has 0 saturated heterocycles. The molecule has 0 heterocycles. The lowest BCUT2D eigenvalue weighted by molar-refractivity contribution is 0.0943. The molecule has 0 aromatic heterocycles. The fourth-order valence-corrected chi connectivity index (χ4v) is 3.90. The van der Waals surface area contributed by atoms with Crippen LogP contribution >= 0.6 is 11.6 Å². The summed E-state index contributed by atoms with van der Waals surface area (Å²) in [7, 11) is -3.43. The first-order valence-electron chi connectivity index (χ1n) is 8.93. The van der Waals surface area contributed by atoms with Crippen molar-refractivity contribution >= 4 is 33.2 Å². The van der Waals surface area contributed by atoms with Crippen LogP contribution in [0.25, 0.3) is 0 Å². The molecule has 29 heavy (non-hydrogen) atoms. The summed E-state index contributed by atoms with van der Waals surface area (Å²) in [6, 6.07) is 21.6. The number of amides is 1. The third-order valence-corrected chi connectivity index (χ3v) is 5.34. The molecule has 0 spiro atoms. The summed E-state index contributed by atoms with van der Waals surface area (Å²) in [4.78, 5) is 13.0. The van der Waals surface area contributed by atoms with Gasteiger partial charge < -0.3 is 5.32 Å². The van der Waals surface area contributed by atoms with Crippen LogP contribution in [0.3, 0.4) is 0 Å². The van der Waals surface area contributed by atoms with Gasteiger partial charge in [-0.2, -0.15) is 0 Å². The smallest absolute Gasteiger partial charge is 0.253 e. The molecule has 0 aliphatic heterocycles. The van der Waals surface area contributed by atoms with E-state index in [0.29, 0.717) is 5.69 Å². The normalized spacial score (nSPS) is 12.2. The van der Waals surface area contributed by atoms with Gasteiger partial charge >= 0.3 is 0 Å². The second-order valence-corrected chi connectivity index (χ2v) is 8.90. The summed E-state index contributed by atoms with van der Waals surface area (Å²) in [5.74, 6) is -0.349. The van der Waals surface area contributed by atoms with E-state index in [0.717, 1.165) is 22.9 Å². The first-order chi connectivity index (χ1) is 13.7. The Hall–Kier alpha value is -2.83. The zero-order valence-electron chi connectivity index (χ0n) is 16.0. The number of rotatable bonds is 6. The van der Waals surface area contributed by atoms with Crippen molar-refractivity contribution in [2.75, 3.05) is 11.0 Å². The highest BCUT2D eigenvalue weighted by atomic mass is 35.5. The Morgan fingerprint density at radius 1 is 0.966 bits per heavy atom. The minimum absolute atomic E-state index is 0.160. The van der Waals surface area contributed by atoms with Gasteiger partial charge in [0.25, 0.3) is 5.91 Å². The highest BCUT2D eigenvalue weighted by Crippen LogP contribution is 2.27. The maximum absolute atomic E-state index is 13.0. The fraction of sp³-hybridized carbons (Fsp3) is 0.136. The number of nitrogens with one attached hydrogen (secondary N) is 2. The molecular weight excluding hydrogens is 408 g/mol. The van der Waals surface area contributed by atoms with Gasteiger partial charge in [0.2, 0.25) is 10.0 Å². The third kappa shape index (κ3) is 5.37. The largest absolute Gasteiger partial charge is 0.341 e. The molecule has 0 bridgehead atoms. The van der Waals surface area contributed by atoms with Crippen molar-refractivity contribution in [3.8, 4) is 0 Å². The number of anilines is 1. The van der Waals surface area contributed by atoms with E-state index < -0.39 is 10.0 Å². The lowest BCUT2D eigenvalue weighted by Crippen LogP contribution is -2.30. The molecular formula is C22H21ClN2O3S. The van der Waals surface area contributed by atoms with E-state index in [2.05, 4.69) is 10.0 Å². The number of hydrogen-bond acceptors (Lipinski definition) is 3. The number of carbonyl (C=O) groups excluding carboxylic acids is 1. The van der Waals surface area contributed by atoms with E-state index in [1.54, 1.807) is 0 Å². The number of aryl methyl sites for hydroxylation is 1. The summed E-state index contributed by atoms with van der Waals surface area (Å²) >= 11 is 6.26. The van der Waals surface area contributed by atoms with Crippen molar-refractivity contribution in [3.05, 3.63) is 100 Å². The van der Waals surface area contributed by atoms with Crippen molar-refractivity contribution in [3.63, 3.8) is 0 Å². The van der Waals surface area contributed by atoms with Crippen LogP contribution in [-0.2, 0) is 10.0 Å².